The maximum absolute atomic E-state index is 8.07. The van der Waals surface area contributed by atoms with Crippen molar-refractivity contribution in [2.75, 3.05) is 6.61 Å². The Kier molecular flexibility index (Phi) is 15.4. The highest BCUT2D eigenvalue weighted by Gasteiger charge is 1.75. The molecule has 0 aliphatic heterocycles. The van der Waals surface area contributed by atoms with E-state index in [9.17, 15) is 0 Å². The Morgan fingerprint density at radius 3 is 1.78 bits per heavy atom. The summed E-state index contributed by atoms with van der Waals surface area (Å²) >= 11 is 10.1. The average molecular weight is 173 g/mol. The zero-order chi connectivity index (χ0) is 7.70. The summed E-state index contributed by atoms with van der Waals surface area (Å²) in [4.78, 5) is -0.222. The van der Waals surface area contributed by atoms with E-state index in [1.54, 1.807) is 6.92 Å². The van der Waals surface area contributed by atoms with Gasteiger partial charge in [-0.15, -0.1) is 23.2 Å². The topological polar surface area (TPSA) is 20.2 Å². The summed E-state index contributed by atoms with van der Waals surface area (Å²) in [5.74, 6) is 0. The van der Waals surface area contributed by atoms with E-state index < -0.39 is 0 Å². The quantitative estimate of drug-likeness (QED) is 0.636. The second-order valence-corrected chi connectivity index (χ2v) is 3.13. The number of alkyl halides is 2. The lowest BCUT2D eigenvalue weighted by atomic mass is 10.4. The van der Waals surface area contributed by atoms with Crippen molar-refractivity contribution in [3.05, 3.63) is 0 Å². The van der Waals surface area contributed by atoms with Gasteiger partial charge in [-0.3, -0.25) is 0 Å². The third kappa shape index (κ3) is 56.6. The third-order valence-corrected chi connectivity index (χ3v) is 0.512. The first-order valence-electron chi connectivity index (χ1n) is 3.04. The molecule has 1 N–H and O–H groups in total. The van der Waals surface area contributed by atoms with Gasteiger partial charge in [0, 0.05) is 6.61 Å². The molecule has 0 radical (unpaired) electrons. The summed E-state index contributed by atoms with van der Waals surface area (Å²) in [6.07, 6.45) is 2.04. The van der Waals surface area contributed by atoms with E-state index in [2.05, 4.69) is 6.92 Å². The minimum atomic E-state index is -0.222. The number of unbranched alkanes of at least 4 members (excludes halogenated alkanes) is 1. The molecule has 0 aliphatic carbocycles. The molecule has 0 bridgehead atoms. The van der Waals surface area contributed by atoms with Gasteiger partial charge in [0.05, 0.1) is 0 Å². The first kappa shape index (κ1) is 12.2. The van der Waals surface area contributed by atoms with Crippen LogP contribution in [0.25, 0.3) is 0 Å². The molecule has 0 aromatic carbocycles. The molecular formula is C6H14Cl2O. The molecule has 0 saturated carbocycles. The maximum Gasteiger partial charge on any atom is 0.105 e. The lowest BCUT2D eigenvalue weighted by Crippen LogP contribution is -1.75. The summed E-state index contributed by atoms with van der Waals surface area (Å²) in [5, 5.41) is 8.07. The summed E-state index contributed by atoms with van der Waals surface area (Å²) in [5.41, 5.74) is 0. The highest BCUT2D eigenvalue weighted by molar-refractivity contribution is 6.43. The van der Waals surface area contributed by atoms with Crippen molar-refractivity contribution in [2.24, 2.45) is 0 Å². The number of halogens is 2. The number of hydrogen-bond acceptors (Lipinski definition) is 1. The molecule has 0 unspecified atom stereocenters. The normalized spacial score (nSPS) is 8.67. The van der Waals surface area contributed by atoms with Crippen LogP contribution in [-0.2, 0) is 0 Å². The van der Waals surface area contributed by atoms with Gasteiger partial charge >= 0.3 is 0 Å². The molecule has 0 spiro atoms. The van der Waals surface area contributed by atoms with E-state index in [1.165, 1.54) is 0 Å². The summed E-state index contributed by atoms with van der Waals surface area (Å²) in [6.45, 7) is 4.09. The van der Waals surface area contributed by atoms with Crippen molar-refractivity contribution >= 4 is 23.2 Å². The summed E-state index contributed by atoms with van der Waals surface area (Å²) in [7, 11) is 0. The standard InChI is InChI=1S/C4H10O.C2H4Cl2/c1-2-3-4-5;1-2(3)4/h5H,2-4H2,1H3;2H,1H3. The van der Waals surface area contributed by atoms with Crippen molar-refractivity contribution in [3.63, 3.8) is 0 Å². The van der Waals surface area contributed by atoms with E-state index in [-0.39, 0.29) is 4.84 Å². The molecule has 0 saturated heterocycles. The van der Waals surface area contributed by atoms with Crippen LogP contribution < -0.4 is 0 Å². The average Bonchev–Trinajstić information content (AvgIpc) is 1.66. The minimum Gasteiger partial charge on any atom is -0.396 e. The van der Waals surface area contributed by atoms with E-state index in [0.717, 1.165) is 12.8 Å². The predicted molar refractivity (Wildman–Crippen MR) is 43.2 cm³/mol. The summed E-state index contributed by atoms with van der Waals surface area (Å²) in [6, 6.07) is 0. The SMILES string of the molecule is CC(Cl)Cl.CCCCO. The first-order chi connectivity index (χ1) is 4.15. The Balaban J connectivity index is 0. The van der Waals surface area contributed by atoms with E-state index in [1.807, 2.05) is 0 Å². The van der Waals surface area contributed by atoms with E-state index in [0.29, 0.717) is 6.61 Å². The van der Waals surface area contributed by atoms with Crippen molar-refractivity contribution in [1.29, 1.82) is 0 Å². The lowest BCUT2D eigenvalue weighted by Gasteiger charge is -1.79. The fraction of sp³-hybridized carbons (Fsp3) is 1.00. The van der Waals surface area contributed by atoms with Crippen LogP contribution in [-0.4, -0.2) is 16.5 Å². The molecule has 0 rings (SSSR count). The molecule has 0 heterocycles. The number of aliphatic hydroxyl groups is 1. The first-order valence-corrected chi connectivity index (χ1v) is 3.91. The van der Waals surface area contributed by atoms with Gasteiger partial charge in [-0.25, -0.2) is 0 Å². The predicted octanol–water partition coefficient (Wildman–Crippen LogP) is 2.59. The van der Waals surface area contributed by atoms with Crippen LogP contribution in [0.4, 0.5) is 0 Å². The van der Waals surface area contributed by atoms with Crippen LogP contribution in [0.2, 0.25) is 0 Å². The Hall–Kier alpha value is 0.540. The van der Waals surface area contributed by atoms with Crippen molar-refractivity contribution in [2.45, 2.75) is 31.5 Å². The van der Waals surface area contributed by atoms with Crippen LogP contribution >= 0.6 is 23.2 Å². The highest BCUT2D eigenvalue weighted by Crippen LogP contribution is 1.95. The maximum atomic E-state index is 8.07. The van der Waals surface area contributed by atoms with Crippen LogP contribution in [0.3, 0.4) is 0 Å². The third-order valence-electron chi connectivity index (χ3n) is 0.512. The zero-order valence-electron chi connectivity index (χ0n) is 5.90. The minimum absolute atomic E-state index is 0.222. The molecule has 0 fully saturated rings. The molecule has 3 heteroatoms. The molecule has 58 valence electrons. The molecule has 9 heavy (non-hydrogen) atoms. The van der Waals surface area contributed by atoms with Gasteiger partial charge in [-0.2, -0.15) is 0 Å². The van der Waals surface area contributed by atoms with Crippen molar-refractivity contribution in [3.8, 4) is 0 Å². The molecule has 0 amide bonds. The fourth-order valence-corrected chi connectivity index (χ4v) is 0.158. The van der Waals surface area contributed by atoms with Crippen LogP contribution in [0, 0.1) is 0 Å². The Morgan fingerprint density at radius 1 is 1.44 bits per heavy atom. The largest absolute Gasteiger partial charge is 0.396 e. The highest BCUT2D eigenvalue weighted by atomic mass is 35.5. The lowest BCUT2D eigenvalue weighted by molar-refractivity contribution is 0.287. The molecular weight excluding hydrogens is 159 g/mol. The van der Waals surface area contributed by atoms with Gasteiger partial charge in [-0.1, -0.05) is 13.3 Å². The number of rotatable bonds is 2. The Labute approximate surface area is 67.0 Å². The number of aliphatic hydroxyl groups excluding tert-OH is 1. The molecule has 0 atom stereocenters. The monoisotopic (exact) mass is 172 g/mol. The number of hydrogen-bond donors (Lipinski definition) is 1. The van der Waals surface area contributed by atoms with Gasteiger partial charge in [-0.05, 0) is 13.3 Å². The van der Waals surface area contributed by atoms with E-state index in [4.69, 9.17) is 28.3 Å². The molecule has 0 aromatic rings. The Morgan fingerprint density at radius 2 is 1.78 bits per heavy atom. The second-order valence-electron chi connectivity index (χ2n) is 1.60. The molecule has 0 aliphatic rings. The molecule has 0 aromatic heterocycles. The fourth-order valence-electron chi connectivity index (χ4n) is 0.158. The van der Waals surface area contributed by atoms with Gasteiger partial charge < -0.3 is 5.11 Å². The van der Waals surface area contributed by atoms with Crippen LogP contribution in [0.15, 0.2) is 0 Å². The van der Waals surface area contributed by atoms with Gasteiger partial charge in [0.25, 0.3) is 0 Å². The van der Waals surface area contributed by atoms with Crippen molar-refractivity contribution < 1.29 is 5.11 Å². The zero-order valence-corrected chi connectivity index (χ0v) is 7.41. The molecule has 1 nitrogen and oxygen atoms in total. The second kappa shape index (κ2) is 11.4. The van der Waals surface area contributed by atoms with Crippen molar-refractivity contribution in [1.82, 2.24) is 0 Å². The van der Waals surface area contributed by atoms with E-state index >= 15 is 0 Å². The van der Waals surface area contributed by atoms with Crippen LogP contribution in [0.1, 0.15) is 26.7 Å². The van der Waals surface area contributed by atoms with Gasteiger partial charge in [0.15, 0.2) is 0 Å². The summed E-state index contributed by atoms with van der Waals surface area (Å²) < 4.78 is 0. The van der Waals surface area contributed by atoms with Gasteiger partial charge in [0.1, 0.15) is 4.84 Å². The smallest absolute Gasteiger partial charge is 0.105 e. The Bertz CT molecular complexity index is 35.3. The van der Waals surface area contributed by atoms with Gasteiger partial charge in [0.2, 0.25) is 0 Å². The van der Waals surface area contributed by atoms with Crippen LogP contribution in [0.5, 0.6) is 0 Å².